The van der Waals surface area contributed by atoms with Gasteiger partial charge >= 0.3 is 0 Å². The molecular weight excluding hydrogens is 420 g/mol. The van der Waals surface area contributed by atoms with Crippen LogP contribution in [0.1, 0.15) is 25.1 Å². The number of aryl methyl sites for hydroxylation is 1. The van der Waals surface area contributed by atoms with Crippen molar-refractivity contribution in [2.75, 3.05) is 0 Å². The third-order valence-corrected chi connectivity index (χ3v) is 4.15. The van der Waals surface area contributed by atoms with Gasteiger partial charge in [-0.05, 0) is 67.4 Å². The number of aromatic nitrogens is 3. The van der Waals surface area contributed by atoms with Crippen molar-refractivity contribution in [3.05, 3.63) is 57.8 Å². The summed E-state index contributed by atoms with van der Waals surface area (Å²) in [6.07, 6.45) is 1.43. The molecule has 0 radical (unpaired) electrons. The van der Waals surface area contributed by atoms with Crippen LogP contribution in [0.2, 0.25) is 0 Å². The van der Waals surface area contributed by atoms with E-state index in [2.05, 4.69) is 26.0 Å². The van der Waals surface area contributed by atoms with Crippen LogP contribution in [-0.4, -0.2) is 20.9 Å². The van der Waals surface area contributed by atoms with Crippen LogP contribution < -0.4 is 9.47 Å². The molecule has 0 spiro atoms. The van der Waals surface area contributed by atoms with E-state index in [-0.39, 0.29) is 17.7 Å². The second kappa shape index (κ2) is 7.64. The molecule has 0 bridgehead atoms. The van der Waals surface area contributed by atoms with Crippen molar-refractivity contribution in [2.24, 2.45) is 0 Å². The molecule has 3 rings (SSSR count). The molecule has 0 aliphatic heterocycles. The minimum absolute atomic E-state index is 0.134. The fourth-order valence-corrected chi connectivity index (χ4v) is 2.97. The Balaban J connectivity index is 2.13. The molecular formula is C19H18BrF2N3O2. The molecule has 0 saturated carbocycles. The number of para-hydroxylation sites is 1. The molecule has 8 heteroatoms. The minimum atomic E-state index is -0.810. The van der Waals surface area contributed by atoms with Gasteiger partial charge in [0.15, 0.2) is 23.2 Å². The molecule has 1 aromatic carbocycles. The average molecular weight is 438 g/mol. The van der Waals surface area contributed by atoms with Crippen molar-refractivity contribution in [1.82, 2.24) is 14.8 Å². The monoisotopic (exact) mass is 437 g/mol. The topological polar surface area (TPSA) is 49.2 Å². The number of hydrogen-bond acceptors (Lipinski definition) is 4. The van der Waals surface area contributed by atoms with Gasteiger partial charge in [0.25, 0.3) is 5.88 Å². The van der Waals surface area contributed by atoms with Crippen molar-refractivity contribution in [2.45, 2.75) is 33.8 Å². The largest absolute Gasteiger partial charge is 0.471 e. The van der Waals surface area contributed by atoms with Gasteiger partial charge in [0, 0.05) is 10.7 Å². The van der Waals surface area contributed by atoms with Crippen LogP contribution >= 0.6 is 15.9 Å². The zero-order valence-corrected chi connectivity index (χ0v) is 16.8. The predicted molar refractivity (Wildman–Crippen MR) is 101 cm³/mol. The molecule has 0 aliphatic rings. The fourth-order valence-electron chi connectivity index (χ4n) is 2.52. The van der Waals surface area contributed by atoms with Gasteiger partial charge in [0.05, 0.1) is 11.8 Å². The van der Waals surface area contributed by atoms with E-state index >= 15 is 0 Å². The maximum Gasteiger partial charge on any atom is 0.277 e. The van der Waals surface area contributed by atoms with E-state index in [4.69, 9.17) is 9.47 Å². The maximum atomic E-state index is 14.0. The molecule has 0 saturated heterocycles. The number of rotatable bonds is 5. The minimum Gasteiger partial charge on any atom is -0.471 e. The highest BCUT2D eigenvalue weighted by atomic mass is 79.9. The summed E-state index contributed by atoms with van der Waals surface area (Å²) < 4.78 is 41.7. The zero-order chi connectivity index (χ0) is 19.7. The van der Waals surface area contributed by atoms with Crippen LogP contribution in [0.4, 0.5) is 8.78 Å². The van der Waals surface area contributed by atoms with Crippen LogP contribution in [0.3, 0.4) is 0 Å². The lowest BCUT2D eigenvalue weighted by Gasteiger charge is -2.11. The molecule has 0 N–H and O–H groups in total. The van der Waals surface area contributed by atoms with Gasteiger partial charge in [-0.25, -0.2) is 18.4 Å². The first-order valence-electron chi connectivity index (χ1n) is 8.28. The van der Waals surface area contributed by atoms with E-state index in [1.807, 2.05) is 26.8 Å². The molecule has 0 fully saturated rings. The summed E-state index contributed by atoms with van der Waals surface area (Å²) in [5.41, 5.74) is 1.36. The van der Waals surface area contributed by atoms with Gasteiger partial charge in [-0.2, -0.15) is 0 Å². The SMILES string of the molecule is Cc1cc(Br)cnc1-n1nc(OC(C)C)c(Oc2c(F)cccc2F)c1C. The number of hydrogen-bond donors (Lipinski definition) is 0. The Morgan fingerprint density at radius 1 is 1.11 bits per heavy atom. The van der Waals surface area contributed by atoms with Crippen molar-refractivity contribution >= 4 is 15.9 Å². The summed E-state index contributed by atoms with van der Waals surface area (Å²) in [5.74, 6) is -1.29. The van der Waals surface area contributed by atoms with E-state index in [9.17, 15) is 8.78 Å². The van der Waals surface area contributed by atoms with E-state index < -0.39 is 17.4 Å². The van der Waals surface area contributed by atoms with E-state index in [0.717, 1.165) is 22.2 Å². The Morgan fingerprint density at radius 2 is 1.78 bits per heavy atom. The molecule has 142 valence electrons. The summed E-state index contributed by atoms with van der Waals surface area (Å²) in [5, 5.41) is 4.41. The number of halogens is 3. The quantitative estimate of drug-likeness (QED) is 0.528. The first-order valence-corrected chi connectivity index (χ1v) is 9.08. The normalized spacial score (nSPS) is 11.1. The van der Waals surface area contributed by atoms with Crippen LogP contribution in [0.5, 0.6) is 17.4 Å². The number of nitrogens with zero attached hydrogens (tertiary/aromatic N) is 3. The Kier molecular flexibility index (Phi) is 5.46. The molecule has 27 heavy (non-hydrogen) atoms. The van der Waals surface area contributed by atoms with Gasteiger partial charge in [-0.1, -0.05) is 6.07 Å². The molecule has 5 nitrogen and oxygen atoms in total. The predicted octanol–water partition coefficient (Wildman–Crippen LogP) is 5.50. The summed E-state index contributed by atoms with van der Waals surface area (Å²) in [4.78, 5) is 4.38. The molecule has 2 heterocycles. The van der Waals surface area contributed by atoms with Gasteiger partial charge in [-0.3, -0.25) is 0 Å². The van der Waals surface area contributed by atoms with Crippen LogP contribution in [-0.2, 0) is 0 Å². The van der Waals surface area contributed by atoms with Gasteiger partial charge in [0.2, 0.25) is 5.75 Å². The van der Waals surface area contributed by atoms with Gasteiger partial charge < -0.3 is 9.47 Å². The third kappa shape index (κ3) is 3.95. The Hall–Kier alpha value is -2.48. The lowest BCUT2D eigenvalue weighted by Crippen LogP contribution is -2.08. The van der Waals surface area contributed by atoms with Crippen LogP contribution in [0.15, 0.2) is 34.9 Å². The molecule has 2 aromatic heterocycles. The molecule has 3 aromatic rings. The summed E-state index contributed by atoms with van der Waals surface area (Å²) in [6.45, 7) is 7.25. The van der Waals surface area contributed by atoms with Gasteiger partial charge in [0.1, 0.15) is 0 Å². The highest BCUT2D eigenvalue weighted by Crippen LogP contribution is 2.38. The summed E-state index contributed by atoms with van der Waals surface area (Å²) in [7, 11) is 0. The van der Waals surface area contributed by atoms with Crippen molar-refractivity contribution in [1.29, 1.82) is 0 Å². The van der Waals surface area contributed by atoms with Crippen molar-refractivity contribution < 1.29 is 18.3 Å². The van der Waals surface area contributed by atoms with Crippen molar-refractivity contribution in [3.63, 3.8) is 0 Å². The first kappa shape index (κ1) is 19.3. The summed E-state index contributed by atoms with van der Waals surface area (Å²) in [6, 6.07) is 5.42. The highest BCUT2D eigenvalue weighted by Gasteiger charge is 2.24. The number of benzene rings is 1. The lowest BCUT2D eigenvalue weighted by molar-refractivity contribution is 0.222. The smallest absolute Gasteiger partial charge is 0.277 e. The lowest BCUT2D eigenvalue weighted by atomic mass is 10.3. The van der Waals surface area contributed by atoms with Gasteiger partial charge in [-0.15, -0.1) is 5.10 Å². The maximum absolute atomic E-state index is 14.0. The second-order valence-corrected chi connectivity index (χ2v) is 7.16. The third-order valence-electron chi connectivity index (χ3n) is 3.72. The van der Waals surface area contributed by atoms with E-state index in [1.165, 1.54) is 10.7 Å². The summed E-state index contributed by atoms with van der Waals surface area (Å²) >= 11 is 3.38. The Labute approximate surface area is 164 Å². The first-order chi connectivity index (χ1) is 12.8. The molecule has 0 atom stereocenters. The Morgan fingerprint density at radius 3 is 2.37 bits per heavy atom. The van der Waals surface area contributed by atoms with E-state index in [1.54, 1.807) is 13.1 Å². The number of pyridine rings is 1. The molecule has 0 amide bonds. The fraction of sp³-hybridized carbons (Fsp3) is 0.263. The van der Waals surface area contributed by atoms with E-state index in [0.29, 0.717) is 11.5 Å². The van der Waals surface area contributed by atoms with Crippen LogP contribution in [0.25, 0.3) is 5.82 Å². The number of ether oxygens (including phenoxy) is 2. The van der Waals surface area contributed by atoms with Crippen LogP contribution in [0, 0.1) is 25.5 Å². The second-order valence-electron chi connectivity index (χ2n) is 6.24. The standard InChI is InChI=1S/C19H18BrF2N3O2/c1-10(2)26-19-16(27-17-14(21)6-5-7-15(17)22)12(4)25(24-19)18-11(3)8-13(20)9-23-18/h5-10H,1-4H3. The highest BCUT2D eigenvalue weighted by molar-refractivity contribution is 9.10. The molecule has 0 unspecified atom stereocenters. The zero-order valence-electron chi connectivity index (χ0n) is 15.3. The average Bonchev–Trinajstić information content (AvgIpc) is 2.86. The van der Waals surface area contributed by atoms with Crippen molar-refractivity contribution in [3.8, 4) is 23.2 Å². The molecule has 0 aliphatic carbocycles. The Bertz CT molecular complexity index is 969.